The third kappa shape index (κ3) is 4.95. The number of fused-ring (bicyclic) bond motifs is 1. The normalized spacial score (nSPS) is 11.7. The number of esters is 1. The van der Waals surface area contributed by atoms with Gasteiger partial charge in [-0.2, -0.15) is 8.78 Å². The first kappa shape index (κ1) is 24.5. The van der Waals surface area contributed by atoms with Crippen molar-refractivity contribution in [2.75, 3.05) is 10.5 Å². The van der Waals surface area contributed by atoms with Gasteiger partial charge >= 0.3 is 5.97 Å². The minimum atomic E-state index is -3.60. The van der Waals surface area contributed by atoms with Gasteiger partial charge in [0.2, 0.25) is 44.9 Å². The molecule has 0 radical (unpaired) electrons. The van der Waals surface area contributed by atoms with Crippen LogP contribution in [0.3, 0.4) is 0 Å². The van der Waals surface area contributed by atoms with E-state index >= 15 is 0 Å². The largest absolute Gasteiger partial charge is 0.415 e. The van der Waals surface area contributed by atoms with E-state index in [9.17, 15) is 35.2 Å². The Kier molecular flexibility index (Phi) is 6.96. The van der Waals surface area contributed by atoms with Crippen LogP contribution in [-0.2, 0) is 10.0 Å². The molecule has 0 saturated heterocycles. The first-order chi connectivity index (χ1) is 15.5. The van der Waals surface area contributed by atoms with Crippen molar-refractivity contribution in [2.45, 2.75) is 33.1 Å². The second-order valence-corrected chi connectivity index (χ2v) is 9.14. The van der Waals surface area contributed by atoms with E-state index < -0.39 is 50.8 Å². The first-order valence-electron chi connectivity index (χ1n) is 9.83. The molecule has 0 amide bonds. The summed E-state index contributed by atoms with van der Waals surface area (Å²) in [6.45, 7) is 3.38. The number of halogens is 5. The lowest BCUT2D eigenvalue weighted by Gasteiger charge is -2.08. The lowest BCUT2D eigenvalue weighted by atomic mass is 10.1. The highest BCUT2D eigenvalue weighted by molar-refractivity contribution is 7.92. The number of H-pyrrole nitrogens is 1. The lowest BCUT2D eigenvalue weighted by Crippen LogP contribution is -2.16. The van der Waals surface area contributed by atoms with Crippen LogP contribution in [0.1, 0.15) is 42.2 Å². The Morgan fingerprint density at radius 1 is 1.00 bits per heavy atom. The van der Waals surface area contributed by atoms with Crippen LogP contribution in [0.5, 0.6) is 5.75 Å². The zero-order valence-electron chi connectivity index (χ0n) is 17.5. The second kappa shape index (κ2) is 9.38. The fraction of sp³-hybridized carbons (Fsp3) is 0.286. The number of rotatable bonds is 8. The third-order valence-corrected chi connectivity index (χ3v) is 6.29. The Morgan fingerprint density at radius 2 is 1.61 bits per heavy atom. The number of hydrogen-bond acceptors (Lipinski definition) is 4. The summed E-state index contributed by atoms with van der Waals surface area (Å²) < 4.78 is 98.9. The van der Waals surface area contributed by atoms with Crippen molar-refractivity contribution in [1.82, 2.24) is 4.98 Å². The average Bonchev–Trinajstić information content (AvgIpc) is 3.09. The second-order valence-electron chi connectivity index (χ2n) is 7.30. The van der Waals surface area contributed by atoms with Crippen molar-refractivity contribution in [1.29, 1.82) is 0 Å². The maximum Gasteiger partial charge on any atom is 0.360 e. The molecule has 0 aliphatic heterocycles. The number of aromatic nitrogens is 1. The number of nitrogens with one attached hydrogen (secondary N) is 2. The summed E-state index contributed by atoms with van der Waals surface area (Å²) in [5.41, 5.74) is 0.481. The van der Waals surface area contributed by atoms with Crippen molar-refractivity contribution >= 4 is 32.6 Å². The molecule has 0 bridgehead atoms. The van der Waals surface area contributed by atoms with Gasteiger partial charge in [0.25, 0.3) is 0 Å². The van der Waals surface area contributed by atoms with Gasteiger partial charge in [-0.05, 0) is 37.1 Å². The molecule has 1 heterocycles. The first-order valence-corrected chi connectivity index (χ1v) is 11.5. The Balaban J connectivity index is 1.90. The Labute approximate surface area is 185 Å². The predicted molar refractivity (Wildman–Crippen MR) is 111 cm³/mol. The summed E-state index contributed by atoms with van der Waals surface area (Å²) in [6.07, 6.45) is 2.10. The summed E-state index contributed by atoms with van der Waals surface area (Å²) in [6, 6.07) is 4.34. The highest BCUT2D eigenvalue weighted by Crippen LogP contribution is 2.31. The molecule has 0 unspecified atom stereocenters. The van der Waals surface area contributed by atoms with E-state index in [0.29, 0.717) is 17.3 Å². The number of hydrogen-bond donors (Lipinski definition) is 2. The molecule has 6 nitrogen and oxygen atoms in total. The number of unbranched alkanes of at least 4 members (excludes halogenated alkanes) is 2. The number of ether oxygens (including phenoxy) is 1. The molecular formula is C21H19F5N2O4S. The van der Waals surface area contributed by atoms with Gasteiger partial charge in [0.05, 0.1) is 5.75 Å². The maximum absolute atomic E-state index is 13.8. The van der Waals surface area contributed by atoms with Gasteiger partial charge < -0.3 is 9.72 Å². The molecule has 3 rings (SSSR count). The van der Waals surface area contributed by atoms with E-state index in [1.807, 2.05) is 6.92 Å². The monoisotopic (exact) mass is 490 g/mol. The zero-order chi connectivity index (χ0) is 24.5. The van der Waals surface area contributed by atoms with Gasteiger partial charge in [-0.25, -0.2) is 26.4 Å². The van der Waals surface area contributed by atoms with Crippen LogP contribution in [0.15, 0.2) is 18.2 Å². The smallest absolute Gasteiger partial charge is 0.360 e. The van der Waals surface area contributed by atoms with Gasteiger partial charge in [0.1, 0.15) is 5.69 Å². The standard InChI is InChI=1S/C21H19F5N2O4S/c1-3-4-5-8-33(30,31)28-11-6-7-13-12(9-11)10(2)19(27-13)21(29)32-20-17(25)15(23)14(22)16(24)18(20)26/h6-7,9,27-28H,3-5,8H2,1-2H3. The molecule has 3 aromatic rings. The quantitative estimate of drug-likeness (QED) is 0.112. The van der Waals surface area contributed by atoms with Gasteiger partial charge in [-0.1, -0.05) is 19.8 Å². The van der Waals surface area contributed by atoms with Crippen LogP contribution in [0.25, 0.3) is 10.9 Å². The number of benzene rings is 2. The minimum Gasteiger partial charge on any atom is -0.415 e. The van der Waals surface area contributed by atoms with E-state index in [2.05, 4.69) is 14.4 Å². The van der Waals surface area contributed by atoms with E-state index in [0.717, 1.165) is 12.8 Å². The van der Waals surface area contributed by atoms with Gasteiger partial charge in [-0.3, -0.25) is 4.72 Å². The van der Waals surface area contributed by atoms with Crippen LogP contribution >= 0.6 is 0 Å². The highest BCUT2D eigenvalue weighted by Gasteiger charge is 2.29. The summed E-state index contributed by atoms with van der Waals surface area (Å²) in [4.78, 5) is 15.1. The van der Waals surface area contributed by atoms with Crippen molar-refractivity contribution in [2.24, 2.45) is 0 Å². The fourth-order valence-corrected chi connectivity index (χ4v) is 4.36. The number of carbonyl (C=O) groups excluding carboxylic acids is 1. The Bertz CT molecular complexity index is 1310. The van der Waals surface area contributed by atoms with Gasteiger partial charge in [0.15, 0.2) is 0 Å². The number of carbonyl (C=O) groups is 1. The number of sulfonamides is 1. The minimum absolute atomic E-state index is 0.0650. The van der Waals surface area contributed by atoms with Crippen LogP contribution < -0.4 is 9.46 Å². The highest BCUT2D eigenvalue weighted by atomic mass is 32.2. The molecule has 33 heavy (non-hydrogen) atoms. The predicted octanol–water partition coefficient (Wildman–Crippen LogP) is 5.32. The SMILES string of the molecule is CCCCCS(=O)(=O)Nc1ccc2[nH]c(C(=O)Oc3c(F)c(F)c(F)c(F)c3F)c(C)c2c1. The van der Waals surface area contributed by atoms with E-state index in [-0.39, 0.29) is 22.7 Å². The lowest BCUT2D eigenvalue weighted by molar-refractivity contribution is 0.0710. The molecule has 0 aliphatic carbocycles. The molecule has 178 valence electrons. The summed E-state index contributed by atoms with van der Waals surface area (Å²) >= 11 is 0. The summed E-state index contributed by atoms with van der Waals surface area (Å²) in [5, 5.41) is 0.383. The van der Waals surface area contributed by atoms with Crippen molar-refractivity contribution in [3.8, 4) is 5.75 Å². The van der Waals surface area contributed by atoms with Crippen LogP contribution in [0, 0.1) is 36.0 Å². The molecule has 12 heteroatoms. The molecule has 2 N–H and O–H groups in total. The van der Waals surface area contributed by atoms with Crippen LogP contribution in [0.4, 0.5) is 27.6 Å². The van der Waals surface area contributed by atoms with Crippen LogP contribution in [-0.4, -0.2) is 25.1 Å². The van der Waals surface area contributed by atoms with E-state index in [4.69, 9.17) is 0 Å². The zero-order valence-corrected chi connectivity index (χ0v) is 18.3. The molecule has 0 fully saturated rings. The molecule has 0 atom stereocenters. The number of anilines is 1. The topological polar surface area (TPSA) is 88.3 Å². The summed E-state index contributed by atoms with van der Waals surface area (Å²) in [7, 11) is -3.60. The van der Waals surface area contributed by atoms with Gasteiger partial charge in [-0.15, -0.1) is 0 Å². The van der Waals surface area contributed by atoms with E-state index in [1.165, 1.54) is 25.1 Å². The van der Waals surface area contributed by atoms with E-state index in [1.54, 1.807) is 0 Å². The Morgan fingerprint density at radius 3 is 2.21 bits per heavy atom. The number of aryl methyl sites for hydroxylation is 1. The van der Waals surface area contributed by atoms with Crippen LogP contribution in [0.2, 0.25) is 0 Å². The molecular weight excluding hydrogens is 471 g/mol. The Hall–Kier alpha value is -3.15. The molecule has 1 aromatic heterocycles. The molecule has 0 aliphatic rings. The van der Waals surface area contributed by atoms with Crippen molar-refractivity contribution in [3.63, 3.8) is 0 Å². The van der Waals surface area contributed by atoms with Crippen molar-refractivity contribution < 1.29 is 39.9 Å². The summed E-state index contributed by atoms with van der Waals surface area (Å²) in [5.74, 6) is -14.6. The molecule has 0 spiro atoms. The molecule has 2 aromatic carbocycles. The number of aromatic amines is 1. The van der Waals surface area contributed by atoms with Gasteiger partial charge in [0, 0.05) is 16.6 Å². The fourth-order valence-electron chi connectivity index (χ4n) is 3.18. The third-order valence-electron chi connectivity index (χ3n) is 4.92. The maximum atomic E-state index is 13.8. The average molecular weight is 490 g/mol. The molecule has 0 saturated carbocycles. The van der Waals surface area contributed by atoms with Crippen molar-refractivity contribution in [3.05, 3.63) is 58.5 Å².